The molecule has 11 rings (SSSR count). The SMILES string of the molecule is c1ccc(-c2ccc3c(c2)c2cc(-c4ccc5c(c4)c4ccccc4n5-c4ccccc4)ccc2n3-c2cccc(-c3ccc4ccccc4c3)c2)cc1. The van der Waals surface area contributed by atoms with Crippen LogP contribution in [0.1, 0.15) is 0 Å². The number of benzene rings is 9. The van der Waals surface area contributed by atoms with E-state index >= 15 is 0 Å². The third kappa shape index (κ3) is 4.88. The van der Waals surface area contributed by atoms with Crippen LogP contribution in [0.3, 0.4) is 0 Å². The molecule has 0 N–H and O–H groups in total. The highest BCUT2D eigenvalue weighted by molar-refractivity contribution is 6.13. The van der Waals surface area contributed by atoms with E-state index in [1.807, 2.05) is 0 Å². The number of rotatable bonds is 5. The average molecular weight is 687 g/mol. The van der Waals surface area contributed by atoms with Crippen LogP contribution < -0.4 is 0 Å². The molecule has 0 unspecified atom stereocenters. The van der Waals surface area contributed by atoms with Crippen molar-refractivity contribution in [2.45, 2.75) is 0 Å². The maximum atomic E-state index is 2.43. The van der Waals surface area contributed by atoms with E-state index in [4.69, 9.17) is 0 Å². The molecule has 0 aliphatic rings. The van der Waals surface area contributed by atoms with E-state index in [-0.39, 0.29) is 0 Å². The molecule has 0 spiro atoms. The Bertz CT molecular complexity index is 3200. The lowest BCUT2D eigenvalue weighted by molar-refractivity contribution is 1.18. The fourth-order valence-electron chi connectivity index (χ4n) is 8.49. The lowest BCUT2D eigenvalue weighted by Gasteiger charge is -2.12. The van der Waals surface area contributed by atoms with E-state index in [0.29, 0.717) is 0 Å². The molecular formula is C52H34N2. The van der Waals surface area contributed by atoms with E-state index in [1.54, 1.807) is 0 Å². The van der Waals surface area contributed by atoms with Gasteiger partial charge in [0.05, 0.1) is 22.1 Å². The second-order valence-electron chi connectivity index (χ2n) is 14.2. The quantitative estimate of drug-likeness (QED) is 0.171. The van der Waals surface area contributed by atoms with Gasteiger partial charge < -0.3 is 9.13 Å². The van der Waals surface area contributed by atoms with Gasteiger partial charge >= 0.3 is 0 Å². The fraction of sp³-hybridized carbons (Fsp3) is 0. The van der Waals surface area contributed by atoms with Crippen molar-refractivity contribution >= 4 is 54.4 Å². The van der Waals surface area contributed by atoms with Gasteiger partial charge in [0.15, 0.2) is 0 Å². The summed E-state index contributed by atoms with van der Waals surface area (Å²) in [5, 5.41) is 7.50. The highest BCUT2D eigenvalue weighted by Crippen LogP contribution is 2.40. The van der Waals surface area contributed by atoms with Crippen LogP contribution in [0.4, 0.5) is 0 Å². The Hall–Kier alpha value is -7.16. The Morgan fingerprint density at radius 2 is 0.667 bits per heavy atom. The molecule has 252 valence electrons. The summed E-state index contributed by atoms with van der Waals surface area (Å²) in [5.74, 6) is 0. The first-order valence-electron chi connectivity index (χ1n) is 18.6. The first-order valence-corrected chi connectivity index (χ1v) is 18.6. The Balaban J connectivity index is 1.11. The average Bonchev–Trinajstić information content (AvgIpc) is 3.76. The summed E-state index contributed by atoms with van der Waals surface area (Å²) in [5.41, 5.74) is 14.4. The smallest absolute Gasteiger partial charge is 0.0541 e. The van der Waals surface area contributed by atoms with Gasteiger partial charge in [0.25, 0.3) is 0 Å². The van der Waals surface area contributed by atoms with E-state index in [9.17, 15) is 0 Å². The molecule has 54 heavy (non-hydrogen) atoms. The van der Waals surface area contributed by atoms with Gasteiger partial charge in [-0.05, 0) is 117 Å². The molecule has 2 aromatic heterocycles. The van der Waals surface area contributed by atoms with Crippen molar-refractivity contribution in [2.24, 2.45) is 0 Å². The van der Waals surface area contributed by atoms with E-state index in [2.05, 4.69) is 215 Å². The highest BCUT2D eigenvalue weighted by Gasteiger charge is 2.17. The molecule has 0 atom stereocenters. The molecule has 11 aromatic rings. The van der Waals surface area contributed by atoms with Crippen molar-refractivity contribution in [3.05, 3.63) is 206 Å². The van der Waals surface area contributed by atoms with Crippen molar-refractivity contribution in [3.8, 4) is 44.8 Å². The van der Waals surface area contributed by atoms with Crippen LogP contribution in [0, 0.1) is 0 Å². The summed E-state index contributed by atoms with van der Waals surface area (Å²) in [6, 6.07) is 75.3. The summed E-state index contributed by atoms with van der Waals surface area (Å²) < 4.78 is 4.81. The van der Waals surface area contributed by atoms with Crippen molar-refractivity contribution in [2.75, 3.05) is 0 Å². The normalized spacial score (nSPS) is 11.7. The summed E-state index contributed by atoms with van der Waals surface area (Å²) in [6.45, 7) is 0. The topological polar surface area (TPSA) is 9.86 Å². The Kier molecular flexibility index (Phi) is 6.90. The third-order valence-electron chi connectivity index (χ3n) is 11.1. The molecule has 2 heteroatoms. The van der Waals surface area contributed by atoms with Crippen molar-refractivity contribution in [1.82, 2.24) is 9.13 Å². The molecule has 0 saturated heterocycles. The van der Waals surface area contributed by atoms with Gasteiger partial charge in [0.2, 0.25) is 0 Å². The Morgan fingerprint density at radius 1 is 0.222 bits per heavy atom. The Morgan fingerprint density at radius 3 is 1.37 bits per heavy atom. The molecule has 0 saturated carbocycles. The number of para-hydroxylation sites is 2. The number of fused-ring (bicyclic) bond motifs is 7. The molecule has 0 fully saturated rings. The first-order chi connectivity index (χ1) is 26.8. The first kappa shape index (κ1) is 30.5. The molecule has 0 radical (unpaired) electrons. The van der Waals surface area contributed by atoms with Gasteiger partial charge in [-0.3, -0.25) is 0 Å². The lowest BCUT2D eigenvalue weighted by Crippen LogP contribution is -1.94. The second kappa shape index (κ2) is 12.2. The van der Waals surface area contributed by atoms with E-state index < -0.39 is 0 Å². The highest BCUT2D eigenvalue weighted by atomic mass is 15.0. The van der Waals surface area contributed by atoms with E-state index in [1.165, 1.54) is 93.5 Å². The zero-order valence-corrected chi connectivity index (χ0v) is 29.5. The zero-order valence-electron chi connectivity index (χ0n) is 29.5. The van der Waals surface area contributed by atoms with Crippen LogP contribution in [0.15, 0.2) is 206 Å². The maximum Gasteiger partial charge on any atom is 0.0541 e. The molecule has 0 aliphatic carbocycles. The molecule has 9 aromatic carbocycles. The summed E-state index contributed by atoms with van der Waals surface area (Å²) in [7, 11) is 0. The number of hydrogen-bond acceptors (Lipinski definition) is 0. The molecule has 2 nitrogen and oxygen atoms in total. The Labute approximate surface area is 313 Å². The molecular weight excluding hydrogens is 653 g/mol. The van der Waals surface area contributed by atoms with Gasteiger partial charge in [-0.25, -0.2) is 0 Å². The van der Waals surface area contributed by atoms with Gasteiger partial charge in [-0.1, -0.05) is 133 Å². The largest absolute Gasteiger partial charge is 0.309 e. The zero-order chi connectivity index (χ0) is 35.6. The predicted octanol–water partition coefficient (Wildman–Crippen LogP) is 14.0. The van der Waals surface area contributed by atoms with Crippen molar-refractivity contribution in [1.29, 1.82) is 0 Å². The van der Waals surface area contributed by atoms with Crippen LogP contribution in [-0.2, 0) is 0 Å². The van der Waals surface area contributed by atoms with Gasteiger partial charge in [-0.2, -0.15) is 0 Å². The predicted molar refractivity (Wildman–Crippen MR) is 229 cm³/mol. The lowest BCUT2D eigenvalue weighted by atomic mass is 9.99. The molecule has 0 aliphatic heterocycles. The van der Waals surface area contributed by atoms with Crippen LogP contribution in [0.25, 0.3) is 99.1 Å². The summed E-state index contributed by atoms with van der Waals surface area (Å²) in [6.07, 6.45) is 0. The van der Waals surface area contributed by atoms with Gasteiger partial charge in [0.1, 0.15) is 0 Å². The summed E-state index contributed by atoms with van der Waals surface area (Å²) in [4.78, 5) is 0. The molecule has 0 bridgehead atoms. The molecule has 0 amide bonds. The van der Waals surface area contributed by atoms with E-state index in [0.717, 1.165) is 5.69 Å². The van der Waals surface area contributed by atoms with Crippen molar-refractivity contribution in [3.63, 3.8) is 0 Å². The summed E-state index contributed by atoms with van der Waals surface area (Å²) >= 11 is 0. The van der Waals surface area contributed by atoms with Crippen LogP contribution in [0.2, 0.25) is 0 Å². The second-order valence-corrected chi connectivity index (χ2v) is 14.2. The fourth-order valence-corrected chi connectivity index (χ4v) is 8.49. The maximum absolute atomic E-state index is 2.43. The number of hydrogen-bond donors (Lipinski definition) is 0. The minimum absolute atomic E-state index is 1.15. The third-order valence-corrected chi connectivity index (χ3v) is 11.1. The van der Waals surface area contributed by atoms with Crippen LogP contribution in [0.5, 0.6) is 0 Å². The van der Waals surface area contributed by atoms with Crippen LogP contribution in [-0.4, -0.2) is 9.13 Å². The monoisotopic (exact) mass is 686 g/mol. The standard InChI is InChI=1S/C52H34N2/c1-3-12-35(13-4-1)40-24-27-51-47(32-40)48-34-42(41-25-28-50-46(33-41)45-20-9-10-21-49(45)53(50)43-17-5-2-6-18-43)26-29-52(48)54(51)44-19-11-16-38(31-44)39-23-22-36-14-7-8-15-37(36)30-39/h1-34H. The minimum Gasteiger partial charge on any atom is -0.309 e. The number of aromatic nitrogens is 2. The number of nitrogens with zero attached hydrogens (tertiary/aromatic N) is 2. The van der Waals surface area contributed by atoms with Crippen molar-refractivity contribution < 1.29 is 0 Å². The van der Waals surface area contributed by atoms with Crippen LogP contribution >= 0.6 is 0 Å². The molecule has 2 heterocycles. The van der Waals surface area contributed by atoms with Gasteiger partial charge in [0, 0.05) is 32.9 Å². The minimum atomic E-state index is 1.15. The van der Waals surface area contributed by atoms with Gasteiger partial charge in [-0.15, -0.1) is 0 Å².